The van der Waals surface area contributed by atoms with E-state index in [0.29, 0.717) is 5.56 Å². The van der Waals surface area contributed by atoms with Crippen molar-refractivity contribution in [3.63, 3.8) is 0 Å². The molecule has 146 valence electrons. The van der Waals surface area contributed by atoms with Crippen molar-refractivity contribution in [2.24, 2.45) is 0 Å². The Labute approximate surface area is 160 Å². The van der Waals surface area contributed by atoms with E-state index in [9.17, 15) is 28.3 Å². The number of rotatable bonds is 4. The highest BCUT2D eigenvalue weighted by Gasteiger charge is 2.28. The van der Waals surface area contributed by atoms with Gasteiger partial charge in [0.15, 0.2) is 0 Å². The molecule has 0 spiro atoms. The summed E-state index contributed by atoms with van der Waals surface area (Å²) in [4.78, 5) is 39.0. The summed E-state index contributed by atoms with van der Waals surface area (Å²) in [5, 5.41) is 9.21. The van der Waals surface area contributed by atoms with E-state index >= 15 is 0 Å². The number of amides is 2. The number of piperazine rings is 1. The van der Waals surface area contributed by atoms with Gasteiger partial charge in [0, 0.05) is 26.2 Å². The van der Waals surface area contributed by atoms with Gasteiger partial charge in [-0.15, -0.1) is 0 Å². The van der Waals surface area contributed by atoms with Crippen LogP contribution in [0.4, 0.5) is 8.78 Å². The largest absolute Gasteiger partial charge is 0.478 e. The number of nitrogens with zero attached hydrogens (tertiary/aromatic N) is 2. The molecule has 0 unspecified atom stereocenters. The third-order valence-corrected chi connectivity index (χ3v) is 4.69. The first kappa shape index (κ1) is 19.5. The molecule has 0 bridgehead atoms. The minimum Gasteiger partial charge on any atom is -0.478 e. The van der Waals surface area contributed by atoms with Gasteiger partial charge < -0.3 is 14.9 Å². The van der Waals surface area contributed by atoms with E-state index in [1.165, 1.54) is 21.9 Å². The molecule has 2 amide bonds. The molecule has 2 aromatic rings. The monoisotopic (exact) mass is 388 g/mol. The summed E-state index contributed by atoms with van der Waals surface area (Å²) in [6, 6.07) is 9.50. The van der Waals surface area contributed by atoms with Crippen molar-refractivity contribution >= 4 is 17.8 Å². The van der Waals surface area contributed by atoms with Crippen LogP contribution >= 0.6 is 0 Å². The molecule has 8 heteroatoms. The zero-order valence-electron chi connectivity index (χ0n) is 14.9. The molecule has 6 nitrogen and oxygen atoms in total. The van der Waals surface area contributed by atoms with Crippen LogP contribution in [0.2, 0.25) is 0 Å². The highest BCUT2D eigenvalue weighted by atomic mass is 19.1. The maximum atomic E-state index is 13.8. The van der Waals surface area contributed by atoms with Gasteiger partial charge in [0.2, 0.25) is 5.91 Å². The zero-order chi connectivity index (χ0) is 20.3. The van der Waals surface area contributed by atoms with Crippen LogP contribution in [-0.4, -0.2) is 58.9 Å². The second-order valence-corrected chi connectivity index (χ2v) is 6.41. The fourth-order valence-corrected chi connectivity index (χ4v) is 3.18. The third-order valence-electron chi connectivity index (χ3n) is 4.69. The van der Waals surface area contributed by atoms with E-state index in [1.807, 2.05) is 0 Å². The number of benzene rings is 2. The Morgan fingerprint density at radius 2 is 1.43 bits per heavy atom. The predicted octanol–water partition coefficient (Wildman–Crippen LogP) is 2.19. The summed E-state index contributed by atoms with van der Waals surface area (Å²) in [6.07, 6.45) is -0.0711. The van der Waals surface area contributed by atoms with E-state index in [1.54, 1.807) is 18.2 Å². The van der Waals surface area contributed by atoms with Gasteiger partial charge in [0.25, 0.3) is 5.91 Å². The lowest BCUT2D eigenvalue weighted by molar-refractivity contribution is -0.131. The molecule has 1 aliphatic heterocycles. The lowest BCUT2D eigenvalue weighted by atomic mass is 10.0. The van der Waals surface area contributed by atoms with Crippen LogP contribution < -0.4 is 0 Å². The van der Waals surface area contributed by atoms with Gasteiger partial charge in [0.05, 0.1) is 12.0 Å². The summed E-state index contributed by atoms with van der Waals surface area (Å²) in [7, 11) is 0. The molecule has 0 radical (unpaired) electrons. The number of carbonyl (C=O) groups is 3. The first-order valence-electron chi connectivity index (χ1n) is 8.70. The van der Waals surface area contributed by atoms with Gasteiger partial charge in [-0.3, -0.25) is 9.59 Å². The second-order valence-electron chi connectivity index (χ2n) is 6.41. The van der Waals surface area contributed by atoms with Gasteiger partial charge in [-0.2, -0.15) is 0 Å². The summed E-state index contributed by atoms with van der Waals surface area (Å²) in [6.45, 7) is 0.684. The number of hydrogen-bond acceptors (Lipinski definition) is 3. The average molecular weight is 388 g/mol. The Morgan fingerprint density at radius 3 is 2.04 bits per heavy atom. The predicted molar refractivity (Wildman–Crippen MR) is 95.9 cm³/mol. The maximum absolute atomic E-state index is 13.8. The molecule has 1 N–H and O–H groups in total. The summed E-state index contributed by atoms with van der Waals surface area (Å²) >= 11 is 0. The highest BCUT2D eigenvalue weighted by molar-refractivity contribution is 5.95. The van der Waals surface area contributed by atoms with Crippen molar-refractivity contribution in [2.75, 3.05) is 26.2 Å². The van der Waals surface area contributed by atoms with Crippen molar-refractivity contribution < 1.29 is 28.3 Å². The Kier molecular flexibility index (Phi) is 5.67. The molecule has 3 rings (SSSR count). The SMILES string of the molecule is O=C(O)c1ccccc1CC(=O)N1CCN(C(=O)c2c(F)cccc2F)CC1. The molecule has 28 heavy (non-hydrogen) atoms. The average Bonchev–Trinajstić information content (AvgIpc) is 2.68. The lowest BCUT2D eigenvalue weighted by Crippen LogP contribution is -2.51. The van der Waals surface area contributed by atoms with E-state index < -0.39 is 29.1 Å². The van der Waals surface area contributed by atoms with Gasteiger partial charge in [0.1, 0.15) is 17.2 Å². The first-order chi connectivity index (χ1) is 13.4. The standard InChI is InChI=1S/C20H18F2N2O4/c21-15-6-3-7-16(22)18(15)19(26)24-10-8-23(9-11-24)17(25)12-13-4-1-2-5-14(13)20(27)28/h1-7H,8-12H2,(H,27,28). The van der Waals surface area contributed by atoms with Crippen molar-refractivity contribution in [1.29, 1.82) is 0 Å². The van der Waals surface area contributed by atoms with Crippen LogP contribution in [0.25, 0.3) is 0 Å². The Hall–Kier alpha value is -3.29. The molecule has 1 aliphatic rings. The fourth-order valence-electron chi connectivity index (χ4n) is 3.18. The Balaban J connectivity index is 1.63. The van der Waals surface area contributed by atoms with Gasteiger partial charge >= 0.3 is 5.97 Å². The first-order valence-corrected chi connectivity index (χ1v) is 8.70. The highest BCUT2D eigenvalue weighted by Crippen LogP contribution is 2.17. The zero-order valence-corrected chi connectivity index (χ0v) is 14.9. The van der Waals surface area contributed by atoms with Crippen LogP contribution in [0.15, 0.2) is 42.5 Å². The minimum absolute atomic E-state index is 0.0692. The molecule has 1 heterocycles. The minimum atomic E-state index is -1.11. The molecular formula is C20H18F2N2O4. The molecule has 0 aromatic heterocycles. The smallest absolute Gasteiger partial charge is 0.335 e. The summed E-state index contributed by atoms with van der Waals surface area (Å²) < 4.78 is 27.6. The molecule has 1 saturated heterocycles. The molecule has 2 aromatic carbocycles. The van der Waals surface area contributed by atoms with E-state index in [-0.39, 0.29) is 44.1 Å². The van der Waals surface area contributed by atoms with E-state index in [0.717, 1.165) is 12.1 Å². The van der Waals surface area contributed by atoms with E-state index in [2.05, 4.69) is 0 Å². The van der Waals surface area contributed by atoms with Crippen LogP contribution in [0.1, 0.15) is 26.3 Å². The Bertz CT molecular complexity index is 904. The quantitative estimate of drug-likeness (QED) is 0.871. The maximum Gasteiger partial charge on any atom is 0.335 e. The normalized spacial score (nSPS) is 14.1. The molecule has 1 fully saturated rings. The van der Waals surface area contributed by atoms with E-state index in [4.69, 9.17) is 0 Å². The lowest BCUT2D eigenvalue weighted by Gasteiger charge is -2.35. The number of carbonyl (C=O) groups excluding carboxylic acids is 2. The van der Waals surface area contributed by atoms with Crippen molar-refractivity contribution in [2.45, 2.75) is 6.42 Å². The van der Waals surface area contributed by atoms with Crippen molar-refractivity contribution in [3.8, 4) is 0 Å². The molecule has 0 saturated carbocycles. The number of hydrogen-bond donors (Lipinski definition) is 1. The van der Waals surface area contributed by atoms with Crippen LogP contribution in [0.3, 0.4) is 0 Å². The second kappa shape index (κ2) is 8.16. The number of carboxylic acids is 1. The molecule has 0 atom stereocenters. The molecular weight excluding hydrogens is 370 g/mol. The topological polar surface area (TPSA) is 77.9 Å². The summed E-state index contributed by atoms with van der Waals surface area (Å²) in [5.74, 6) is -3.97. The van der Waals surface area contributed by atoms with Crippen LogP contribution in [-0.2, 0) is 11.2 Å². The number of carboxylic acid groups (broad SMARTS) is 1. The fraction of sp³-hybridized carbons (Fsp3) is 0.250. The van der Waals surface area contributed by atoms with Gasteiger partial charge in [-0.1, -0.05) is 24.3 Å². The molecule has 0 aliphatic carbocycles. The number of aromatic carboxylic acids is 1. The van der Waals surface area contributed by atoms with Crippen molar-refractivity contribution in [3.05, 3.63) is 70.8 Å². The third kappa shape index (κ3) is 4.00. The summed E-state index contributed by atoms with van der Waals surface area (Å²) in [5.41, 5.74) is -0.121. The van der Waals surface area contributed by atoms with Crippen molar-refractivity contribution in [1.82, 2.24) is 9.80 Å². The van der Waals surface area contributed by atoms with Gasteiger partial charge in [-0.25, -0.2) is 13.6 Å². The van der Waals surface area contributed by atoms with Gasteiger partial charge in [-0.05, 0) is 23.8 Å². The van der Waals surface area contributed by atoms with Crippen LogP contribution in [0.5, 0.6) is 0 Å². The Morgan fingerprint density at radius 1 is 0.857 bits per heavy atom. The van der Waals surface area contributed by atoms with Crippen LogP contribution in [0, 0.1) is 11.6 Å². The number of halogens is 2.